The molecule has 0 radical (unpaired) electrons. The van der Waals surface area contributed by atoms with Crippen molar-refractivity contribution in [2.75, 3.05) is 28.6 Å². The topological polar surface area (TPSA) is 44.4 Å². The van der Waals surface area contributed by atoms with Crippen LogP contribution in [0.1, 0.15) is 19.4 Å². The van der Waals surface area contributed by atoms with Crippen molar-refractivity contribution < 1.29 is 13.6 Å². The predicted octanol–water partition coefficient (Wildman–Crippen LogP) is 4.22. The molecule has 2 aromatic carbocycles. The van der Waals surface area contributed by atoms with Gasteiger partial charge in [-0.1, -0.05) is 0 Å². The molecular weight excluding hydrogens is 324 g/mol. The van der Waals surface area contributed by atoms with Gasteiger partial charge in [0.05, 0.1) is 11.3 Å². The van der Waals surface area contributed by atoms with E-state index in [1.807, 2.05) is 18.7 Å². The monoisotopic (exact) mass is 343 g/mol. The van der Waals surface area contributed by atoms with Gasteiger partial charge in [-0.05, 0) is 50.2 Å². The summed E-state index contributed by atoms with van der Waals surface area (Å²) in [5.41, 5.74) is 2.40. The predicted molar refractivity (Wildman–Crippen MR) is 96.6 cm³/mol. The summed E-state index contributed by atoms with van der Waals surface area (Å²) in [6.45, 7) is 5.36. The zero-order chi connectivity index (χ0) is 18.0. The van der Waals surface area contributed by atoms with E-state index in [1.54, 1.807) is 12.1 Å². The van der Waals surface area contributed by atoms with Gasteiger partial charge in [0.25, 0.3) is 5.91 Å². The van der Waals surface area contributed by atoms with Crippen molar-refractivity contribution >= 4 is 28.5 Å². The molecule has 3 rings (SSSR count). The van der Waals surface area contributed by atoms with Gasteiger partial charge in [-0.15, -0.1) is 0 Å². The highest BCUT2D eigenvalue weighted by atomic mass is 19.1. The number of fused-ring (bicyclic) bond motifs is 1. The van der Waals surface area contributed by atoms with Gasteiger partial charge in [0.15, 0.2) is 0 Å². The summed E-state index contributed by atoms with van der Waals surface area (Å²) in [6, 6.07) is 8.92. The molecule has 130 valence electrons. The molecule has 1 heterocycles. The van der Waals surface area contributed by atoms with Crippen molar-refractivity contribution in [1.82, 2.24) is 0 Å². The third-order valence-corrected chi connectivity index (χ3v) is 4.20. The van der Waals surface area contributed by atoms with Gasteiger partial charge in [-0.2, -0.15) is 0 Å². The SMILES string of the molecule is CCN(CC)c1ccc(NC=C2C(=O)Nc3ccc(F)cc32)cc1F. The summed E-state index contributed by atoms with van der Waals surface area (Å²) >= 11 is 0. The maximum atomic E-state index is 14.3. The highest BCUT2D eigenvalue weighted by Crippen LogP contribution is 2.32. The fourth-order valence-corrected chi connectivity index (χ4v) is 2.88. The van der Waals surface area contributed by atoms with Crippen molar-refractivity contribution in [3.8, 4) is 0 Å². The molecule has 0 fully saturated rings. The zero-order valence-electron chi connectivity index (χ0n) is 14.1. The number of nitrogens with zero attached hydrogens (tertiary/aromatic N) is 1. The Morgan fingerprint density at radius 1 is 1.12 bits per heavy atom. The summed E-state index contributed by atoms with van der Waals surface area (Å²) in [5, 5.41) is 5.58. The Morgan fingerprint density at radius 2 is 1.88 bits per heavy atom. The highest BCUT2D eigenvalue weighted by Gasteiger charge is 2.24. The van der Waals surface area contributed by atoms with Crippen molar-refractivity contribution in [2.45, 2.75) is 13.8 Å². The van der Waals surface area contributed by atoms with Crippen molar-refractivity contribution in [1.29, 1.82) is 0 Å². The number of amides is 1. The Kier molecular flexibility index (Phi) is 4.70. The van der Waals surface area contributed by atoms with Gasteiger partial charge in [-0.25, -0.2) is 8.78 Å². The van der Waals surface area contributed by atoms with Crippen LogP contribution in [0.2, 0.25) is 0 Å². The molecule has 4 nitrogen and oxygen atoms in total. The largest absolute Gasteiger partial charge is 0.370 e. The third kappa shape index (κ3) is 3.33. The third-order valence-electron chi connectivity index (χ3n) is 4.20. The van der Waals surface area contributed by atoms with Crippen LogP contribution in [-0.4, -0.2) is 19.0 Å². The number of benzene rings is 2. The van der Waals surface area contributed by atoms with Crippen molar-refractivity contribution in [3.05, 3.63) is 59.8 Å². The minimum absolute atomic E-state index is 0.308. The molecule has 0 saturated carbocycles. The van der Waals surface area contributed by atoms with Crippen LogP contribution < -0.4 is 15.5 Å². The molecule has 0 bridgehead atoms. The maximum Gasteiger partial charge on any atom is 0.257 e. The van der Waals surface area contributed by atoms with Crippen LogP contribution in [0, 0.1) is 11.6 Å². The van der Waals surface area contributed by atoms with E-state index in [4.69, 9.17) is 0 Å². The minimum Gasteiger partial charge on any atom is -0.370 e. The van der Waals surface area contributed by atoms with Crippen LogP contribution in [0.3, 0.4) is 0 Å². The summed E-state index contributed by atoms with van der Waals surface area (Å²) in [4.78, 5) is 13.9. The van der Waals surface area contributed by atoms with Crippen LogP contribution in [0.4, 0.5) is 25.8 Å². The molecule has 0 atom stereocenters. The molecule has 0 spiro atoms. The summed E-state index contributed by atoms with van der Waals surface area (Å²) in [5.74, 6) is -1.08. The first-order valence-electron chi connectivity index (χ1n) is 8.16. The Balaban J connectivity index is 1.84. The number of rotatable bonds is 5. The average molecular weight is 343 g/mol. The van der Waals surface area contributed by atoms with E-state index in [1.165, 1.54) is 30.5 Å². The van der Waals surface area contributed by atoms with Crippen LogP contribution in [0.25, 0.3) is 5.57 Å². The summed E-state index contributed by atoms with van der Waals surface area (Å²) < 4.78 is 27.7. The van der Waals surface area contributed by atoms with Gasteiger partial charge in [-0.3, -0.25) is 4.79 Å². The van der Waals surface area contributed by atoms with Crippen LogP contribution >= 0.6 is 0 Å². The standard InChI is InChI=1S/C19H19F2N3O/c1-3-24(4-2)18-8-6-13(10-16(18)21)22-11-15-14-9-12(20)5-7-17(14)23-19(15)25/h5-11,22H,3-4H2,1-2H3,(H,23,25). The lowest BCUT2D eigenvalue weighted by Crippen LogP contribution is -2.22. The summed E-state index contributed by atoms with van der Waals surface area (Å²) in [7, 11) is 0. The number of hydrogen-bond acceptors (Lipinski definition) is 3. The average Bonchev–Trinajstić information content (AvgIpc) is 2.90. The second kappa shape index (κ2) is 6.93. The smallest absolute Gasteiger partial charge is 0.257 e. The molecule has 1 aliphatic heterocycles. The normalized spacial score (nSPS) is 14.4. The van der Waals surface area contributed by atoms with Crippen LogP contribution in [-0.2, 0) is 4.79 Å². The van der Waals surface area contributed by atoms with Gasteiger partial charge >= 0.3 is 0 Å². The zero-order valence-corrected chi connectivity index (χ0v) is 14.1. The minimum atomic E-state index is -0.421. The Hall–Kier alpha value is -2.89. The number of carbonyl (C=O) groups is 1. The molecule has 1 aliphatic rings. The molecular formula is C19H19F2N3O. The lowest BCUT2D eigenvalue weighted by Gasteiger charge is -2.21. The number of hydrogen-bond donors (Lipinski definition) is 2. The first kappa shape index (κ1) is 17.0. The van der Waals surface area contributed by atoms with Crippen LogP contribution in [0.15, 0.2) is 42.6 Å². The number of anilines is 3. The molecule has 2 aromatic rings. The number of carbonyl (C=O) groups excluding carboxylic acids is 1. The molecule has 0 unspecified atom stereocenters. The highest BCUT2D eigenvalue weighted by molar-refractivity contribution is 6.31. The van der Waals surface area contributed by atoms with E-state index in [0.717, 1.165) is 0 Å². The molecule has 6 heteroatoms. The fraction of sp³-hybridized carbons (Fsp3) is 0.211. The molecule has 0 aromatic heterocycles. The van der Waals surface area contributed by atoms with E-state index in [-0.39, 0.29) is 11.7 Å². The Morgan fingerprint density at radius 3 is 2.56 bits per heavy atom. The molecule has 0 aliphatic carbocycles. The molecule has 25 heavy (non-hydrogen) atoms. The first-order chi connectivity index (χ1) is 12.0. The summed E-state index contributed by atoms with van der Waals surface area (Å²) in [6.07, 6.45) is 1.46. The molecule has 2 N–H and O–H groups in total. The van der Waals surface area contributed by atoms with E-state index < -0.39 is 5.82 Å². The first-order valence-corrected chi connectivity index (χ1v) is 8.16. The van der Waals surface area contributed by atoms with E-state index in [0.29, 0.717) is 41.3 Å². The van der Waals surface area contributed by atoms with Gasteiger partial charge in [0.1, 0.15) is 11.6 Å². The molecule has 0 saturated heterocycles. The second-order valence-corrected chi connectivity index (χ2v) is 5.68. The van der Waals surface area contributed by atoms with Crippen molar-refractivity contribution in [2.24, 2.45) is 0 Å². The molecule has 1 amide bonds. The van der Waals surface area contributed by atoms with Crippen LogP contribution in [0.5, 0.6) is 0 Å². The lowest BCUT2D eigenvalue weighted by molar-refractivity contribution is -0.110. The Bertz CT molecular complexity index is 845. The van der Waals surface area contributed by atoms with Gasteiger partial charge < -0.3 is 15.5 Å². The van der Waals surface area contributed by atoms with E-state index in [2.05, 4.69) is 10.6 Å². The van der Waals surface area contributed by atoms with Gasteiger partial charge in [0.2, 0.25) is 0 Å². The number of halogens is 2. The Labute approximate surface area is 145 Å². The lowest BCUT2D eigenvalue weighted by atomic mass is 10.1. The maximum absolute atomic E-state index is 14.3. The number of nitrogens with one attached hydrogen (secondary N) is 2. The van der Waals surface area contributed by atoms with E-state index >= 15 is 0 Å². The second-order valence-electron chi connectivity index (χ2n) is 5.68. The fourth-order valence-electron chi connectivity index (χ4n) is 2.88. The van der Waals surface area contributed by atoms with Crippen molar-refractivity contribution in [3.63, 3.8) is 0 Å². The quantitative estimate of drug-likeness (QED) is 0.799. The van der Waals surface area contributed by atoms with E-state index in [9.17, 15) is 13.6 Å². The van der Waals surface area contributed by atoms with Gasteiger partial charge in [0, 0.05) is 36.2 Å².